The SMILES string of the molecule is CC(=C1C(=O)C[C@@H]2[C@H]1C2(C)C)N1CCC(C(O)(c2ccccc2)c2ccccc2)CC1. The van der Waals surface area contributed by atoms with Gasteiger partial charge in [-0.15, -0.1) is 0 Å². The third kappa shape index (κ3) is 3.17. The third-order valence-corrected chi connectivity index (χ3v) is 8.44. The van der Waals surface area contributed by atoms with Crippen LogP contribution in [-0.2, 0) is 10.4 Å². The quantitative estimate of drug-likeness (QED) is 0.702. The summed E-state index contributed by atoms with van der Waals surface area (Å²) >= 11 is 0. The Bertz CT molecular complexity index is 960. The van der Waals surface area contributed by atoms with E-state index in [1.54, 1.807) is 0 Å². The van der Waals surface area contributed by atoms with E-state index in [1.165, 1.54) is 5.70 Å². The van der Waals surface area contributed by atoms with Gasteiger partial charge in [0.05, 0.1) is 0 Å². The van der Waals surface area contributed by atoms with Crippen molar-refractivity contribution < 1.29 is 9.90 Å². The molecule has 2 aromatic carbocycles. The summed E-state index contributed by atoms with van der Waals surface area (Å²) in [5, 5.41) is 12.1. The van der Waals surface area contributed by atoms with Gasteiger partial charge in [-0.25, -0.2) is 0 Å². The van der Waals surface area contributed by atoms with Crippen LogP contribution in [0.2, 0.25) is 0 Å². The summed E-state index contributed by atoms with van der Waals surface area (Å²) in [5.74, 6) is 1.49. The Balaban J connectivity index is 1.40. The number of allylic oxidation sites excluding steroid dienone is 2. The minimum Gasteiger partial charge on any atom is -0.380 e. The molecule has 1 saturated heterocycles. The van der Waals surface area contributed by atoms with Crippen molar-refractivity contribution >= 4 is 5.78 Å². The lowest BCUT2D eigenvalue weighted by atomic mass is 9.72. The molecule has 1 aliphatic heterocycles. The number of ketones is 1. The van der Waals surface area contributed by atoms with Crippen LogP contribution in [0.4, 0.5) is 0 Å². The van der Waals surface area contributed by atoms with Crippen LogP contribution in [-0.4, -0.2) is 28.9 Å². The number of fused-ring (bicyclic) bond motifs is 1. The van der Waals surface area contributed by atoms with Gasteiger partial charge in [-0.3, -0.25) is 4.79 Å². The van der Waals surface area contributed by atoms with Crippen LogP contribution in [0.25, 0.3) is 0 Å². The molecule has 2 aromatic rings. The minimum atomic E-state index is -0.998. The molecule has 0 radical (unpaired) electrons. The van der Waals surface area contributed by atoms with Gasteiger partial charge in [0.15, 0.2) is 5.78 Å². The van der Waals surface area contributed by atoms with Crippen LogP contribution < -0.4 is 0 Å². The third-order valence-electron chi connectivity index (χ3n) is 8.44. The molecule has 0 spiro atoms. The van der Waals surface area contributed by atoms with E-state index in [-0.39, 0.29) is 11.3 Å². The molecule has 1 N–H and O–H groups in total. The summed E-state index contributed by atoms with van der Waals surface area (Å²) in [4.78, 5) is 15.1. The second-order valence-electron chi connectivity index (χ2n) is 10.3. The number of benzene rings is 2. The van der Waals surface area contributed by atoms with Gasteiger partial charge in [0, 0.05) is 30.8 Å². The first-order valence-corrected chi connectivity index (χ1v) is 11.7. The van der Waals surface area contributed by atoms with Gasteiger partial charge in [0.25, 0.3) is 0 Å². The van der Waals surface area contributed by atoms with Gasteiger partial charge in [-0.2, -0.15) is 0 Å². The van der Waals surface area contributed by atoms with Crippen LogP contribution in [0.5, 0.6) is 0 Å². The summed E-state index contributed by atoms with van der Waals surface area (Å²) < 4.78 is 0. The number of likely N-dealkylation sites (tertiary alicyclic amines) is 1. The van der Waals surface area contributed by atoms with E-state index >= 15 is 0 Å². The average molecular weight is 416 g/mol. The maximum atomic E-state index is 12.7. The van der Waals surface area contributed by atoms with Crippen LogP contribution in [0.15, 0.2) is 71.9 Å². The van der Waals surface area contributed by atoms with Crippen molar-refractivity contribution in [3.8, 4) is 0 Å². The van der Waals surface area contributed by atoms with Crippen LogP contribution in [0.3, 0.4) is 0 Å². The van der Waals surface area contributed by atoms with Gasteiger partial charge in [-0.05, 0) is 54.1 Å². The lowest BCUT2D eigenvalue weighted by Crippen LogP contribution is -2.44. The molecular weight excluding hydrogens is 382 g/mol. The molecular formula is C28H33NO2. The molecule has 2 atom stereocenters. The van der Waals surface area contributed by atoms with Gasteiger partial charge >= 0.3 is 0 Å². The first-order valence-electron chi connectivity index (χ1n) is 11.7. The maximum absolute atomic E-state index is 12.7. The van der Waals surface area contributed by atoms with E-state index in [0.29, 0.717) is 17.6 Å². The van der Waals surface area contributed by atoms with Crippen molar-refractivity contribution in [3.63, 3.8) is 0 Å². The Morgan fingerprint density at radius 1 is 0.968 bits per heavy atom. The highest BCUT2D eigenvalue weighted by Crippen LogP contribution is 2.68. The first kappa shape index (κ1) is 20.5. The summed E-state index contributed by atoms with van der Waals surface area (Å²) in [6, 6.07) is 20.2. The van der Waals surface area contributed by atoms with Crippen LogP contribution in [0.1, 0.15) is 51.2 Å². The van der Waals surface area contributed by atoms with Crippen molar-refractivity contribution in [1.82, 2.24) is 4.90 Å². The topological polar surface area (TPSA) is 40.5 Å². The molecule has 0 amide bonds. The first-order chi connectivity index (χ1) is 14.8. The van der Waals surface area contributed by atoms with E-state index in [4.69, 9.17) is 0 Å². The number of hydrogen-bond donors (Lipinski definition) is 1. The largest absolute Gasteiger partial charge is 0.380 e. The molecule has 3 aliphatic rings. The molecule has 1 heterocycles. The molecule has 3 nitrogen and oxygen atoms in total. The van der Waals surface area contributed by atoms with Crippen molar-refractivity contribution in [2.24, 2.45) is 23.2 Å². The zero-order chi connectivity index (χ0) is 21.8. The predicted octanol–water partition coefficient (Wildman–Crippen LogP) is 5.15. The number of carbonyl (C=O) groups is 1. The van der Waals surface area contributed by atoms with E-state index < -0.39 is 5.60 Å². The number of Topliss-reactive ketones (excluding diaryl/α,β-unsaturated/α-hetero) is 1. The smallest absolute Gasteiger partial charge is 0.161 e. The Morgan fingerprint density at radius 2 is 1.48 bits per heavy atom. The minimum absolute atomic E-state index is 0.135. The summed E-state index contributed by atoms with van der Waals surface area (Å²) in [6.45, 7) is 8.51. The fourth-order valence-electron chi connectivity index (χ4n) is 6.43. The Morgan fingerprint density at radius 3 is 1.97 bits per heavy atom. The predicted molar refractivity (Wildman–Crippen MR) is 123 cm³/mol. The number of nitrogens with zero attached hydrogens (tertiary/aromatic N) is 1. The Hall–Kier alpha value is -2.39. The molecule has 162 valence electrons. The van der Waals surface area contributed by atoms with Crippen molar-refractivity contribution in [1.29, 1.82) is 0 Å². The maximum Gasteiger partial charge on any atom is 0.161 e. The lowest BCUT2D eigenvalue weighted by Gasteiger charge is -2.43. The molecule has 0 unspecified atom stereocenters. The van der Waals surface area contributed by atoms with E-state index in [2.05, 4.69) is 25.7 Å². The zero-order valence-corrected chi connectivity index (χ0v) is 18.8. The second kappa shape index (κ2) is 7.34. The molecule has 5 rings (SSSR count). The highest BCUT2D eigenvalue weighted by atomic mass is 16.3. The number of piperidine rings is 1. The number of aliphatic hydroxyl groups is 1. The van der Waals surface area contributed by atoms with Crippen molar-refractivity contribution in [3.05, 3.63) is 83.1 Å². The molecule has 2 saturated carbocycles. The van der Waals surface area contributed by atoms with Crippen LogP contribution in [0, 0.1) is 23.2 Å². The zero-order valence-electron chi connectivity index (χ0n) is 18.8. The monoisotopic (exact) mass is 415 g/mol. The lowest BCUT2D eigenvalue weighted by molar-refractivity contribution is -0.115. The number of carbonyl (C=O) groups excluding carboxylic acids is 1. The Kier molecular flexibility index (Phi) is 4.86. The normalized spacial score (nSPS) is 27.2. The van der Waals surface area contributed by atoms with Gasteiger partial charge in [-0.1, -0.05) is 74.5 Å². The fourth-order valence-corrected chi connectivity index (χ4v) is 6.43. The van der Waals surface area contributed by atoms with E-state index in [0.717, 1.165) is 49.1 Å². The summed E-state index contributed by atoms with van der Waals surface area (Å²) in [5.41, 5.74) is 3.48. The molecule has 3 heteroatoms. The van der Waals surface area contributed by atoms with E-state index in [1.807, 2.05) is 60.7 Å². The fraction of sp³-hybridized carbons (Fsp3) is 0.464. The average Bonchev–Trinajstić information content (AvgIpc) is 3.13. The van der Waals surface area contributed by atoms with Gasteiger partial charge in [0.2, 0.25) is 0 Å². The molecule has 0 bridgehead atoms. The second-order valence-corrected chi connectivity index (χ2v) is 10.3. The molecule has 31 heavy (non-hydrogen) atoms. The summed E-state index contributed by atoms with van der Waals surface area (Å²) in [6.07, 6.45) is 2.52. The Labute approximate surface area is 185 Å². The van der Waals surface area contributed by atoms with Gasteiger partial charge < -0.3 is 10.0 Å². The standard InChI is InChI=1S/C28H33NO2/c1-19(25-24(30)18-23-26(25)27(23,2)3)29-16-14-22(15-17-29)28(31,20-10-6-4-7-11-20)21-12-8-5-9-13-21/h4-13,22-23,26,31H,14-18H2,1-3H3/t23-,26-/m1/s1. The number of hydrogen-bond acceptors (Lipinski definition) is 3. The highest BCUT2D eigenvalue weighted by molar-refractivity contribution is 6.01. The molecule has 0 aromatic heterocycles. The van der Waals surface area contributed by atoms with E-state index in [9.17, 15) is 9.90 Å². The van der Waals surface area contributed by atoms with Crippen LogP contribution >= 0.6 is 0 Å². The number of rotatable bonds is 4. The highest BCUT2D eigenvalue weighted by Gasteiger charge is 2.65. The summed E-state index contributed by atoms with van der Waals surface area (Å²) in [7, 11) is 0. The van der Waals surface area contributed by atoms with Crippen molar-refractivity contribution in [2.45, 2.75) is 45.6 Å². The van der Waals surface area contributed by atoms with Crippen molar-refractivity contribution in [2.75, 3.05) is 13.1 Å². The molecule has 2 aliphatic carbocycles. The van der Waals surface area contributed by atoms with Gasteiger partial charge in [0.1, 0.15) is 5.60 Å². The molecule has 3 fully saturated rings.